The van der Waals surface area contributed by atoms with Crippen molar-refractivity contribution in [2.75, 3.05) is 18.5 Å². The van der Waals surface area contributed by atoms with E-state index in [9.17, 15) is 13.9 Å². The first-order valence-corrected chi connectivity index (χ1v) is 5.89. The van der Waals surface area contributed by atoms with Crippen molar-refractivity contribution in [1.82, 2.24) is 0 Å². The fourth-order valence-corrected chi connectivity index (χ4v) is 1.36. The van der Waals surface area contributed by atoms with Crippen LogP contribution >= 0.6 is 0 Å². The molecule has 0 spiro atoms. The van der Waals surface area contributed by atoms with E-state index in [0.717, 1.165) is 12.1 Å². The second-order valence-electron chi connectivity index (χ2n) is 4.58. The maximum Gasteiger partial charge on any atom is 0.387 e. The molecule has 102 valence electrons. The number of ether oxygens (including phenoxy) is 1. The summed E-state index contributed by atoms with van der Waals surface area (Å²) in [6, 6.07) is 6.31. The zero-order chi connectivity index (χ0) is 13.6. The van der Waals surface area contributed by atoms with Crippen LogP contribution in [-0.4, -0.2) is 24.9 Å². The highest BCUT2D eigenvalue weighted by Gasteiger charge is 2.20. The molecule has 1 aromatic carbocycles. The van der Waals surface area contributed by atoms with Gasteiger partial charge >= 0.3 is 6.61 Å². The van der Waals surface area contributed by atoms with Crippen molar-refractivity contribution in [3.63, 3.8) is 0 Å². The number of hydrogen-bond acceptors (Lipinski definition) is 3. The average molecular weight is 259 g/mol. The molecule has 0 aliphatic heterocycles. The first kappa shape index (κ1) is 14.7. The molecule has 0 aromatic heterocycles. The smallest absolute Gasteiger partial charge is 0.387 e. The van der Waals surface area contributed by atoms with Crippen molar-refractivity contribution in [3.8, 4) is 5.75 Å². The average Bonchev–Trinajstić information content (AvgIpc) is 2.37. The lowest BCUT2D eigenvalue weighted by atomic mass is 9.88. The Kier molecular flexibility index (Phi) is 5.34. The van der Waals surface area contributed by atoms with Gasteiger partial charge in [0.2, 0.25) is 0 Å². The number of alkyl halides is 2. The van der Waals surface area contributed by atoms with Crippen LogP contribution in [0.15, 0.2) is 24.3 Å². The van der Waals surface area contributed by atoms with Crippen LogP contribution in [0.3, 0.4) is 0 Å². The highest BCUT2D eigenvalue weighted by atomic mass is 19.3. The van der Waals surface area contributed by atoms with E-state index in [1.807, 2.05) is 13.8 Å². The largest absolute Gasteiger partial charge is 0.435 e. The number of hydrogen-bond donors (Lipinski definition) is 2. The molecular weight excluding hydrogens is 240 g/mol. The summed E-state index contributed by atoms with van der Waals surface area (Å²) in [5.41, 5.74) is 0.628. The lowest BCUT2D eigenvalue weighted by Crippen LogP contribution is -2.29. The maximum atomic E-state index is 12.0. The summed E-state index contributed by atoms with van der Waals surface area (Å²) >= 11 is 0. The SMILES string of the molecule is CCC(C)(CO)CNc1ccc(OC(F)F)cc1. The Balaban J connectivity index is 2.53. The first-order valence-electron chi connectivity index (χ1n) is 5.89. The molecule has 0 amide bonds. The van der Waals surface area contributed by atoms with Gasteiger partial charge < -0.3 is 15.2 Å². The fourth-order valence-electron chi connectivity index (χ4n) is 1.36. The minimum Gasteiger partial charge on any atom is -0.435 e. The van der Waals surface area contributed by atoms with Gasteiger partial charge in [0.1, 0.15) is 5.75 Å². The van der Waals surface area contributed by atoms with Gasteiger partial charge in [0.15, 0.2) is 0 Å². The summed E-state index contributed by atoms with van der Waals surface area (Å²) in [6.45, 7) is 1.91. The van der Waals surface area contributed by atoms with Crippen molar-refractivity contribution < 1.29 is 18.6 Å². The van der Waals surface area contributed by atoms with Crippen LogP contribution in [0.25, 0.3) is 0 Å². The molecule has 0 radical (unpaired) electrons. The highest BCUT2D eigenvalue weighted by molar-refractivity contribution is 5.46. The van der Waals surface area contributed by atoms with Gasteiger partial charge in [-0.25, -0.2) is 0 Å². The molecule has 5 heteroatoms. The van der Waals surface area contributed by atoms with Crippen LogP contribution in [0.2, 0.25) is 0 Å². The number of benzene rings is 1. The summed E-state index contributed by atoms with van der Waals surface area (Å²) in [5, 5.41) is 12.4. The Hall–Kier alpha value is -1.36. The van der Waals surface area contributed by atoms with E-state index in [4.69, 9.17) is 0 Å². The van der Waals surface area contributed by atoms with Crippen molar-refractivity contribution in [2.24, 2.45) is 5.41 Å². The third-order valence-electron chi connectivity index (χ3n) is 3.03. The Morgan fingerprint density at radius 3 is 2.39 bits per heavy atom. The molecule has 0 fully saturated rings. The molecule has 2 N–H and O–H groups in total. The molecule has 1 unspecified atom stereocenters. The van der Waals surface area contributed by atoms with Gasteiger partial charge in [0.25, 0.3) is 0 Å². The van der Waals surface area contributed by atoms with Crippen LogP contribution in [0.5, 0.6) is 5.75 Å². The Labute approximate surface area is 106 Å². The number of aliphatic hydroxyl groups excluding tert-OH is 1. The molecule has 0 bridgehead atoms. The van der Waals surface area contributed by atoms with Gasteiger partial charge in [-0.15, -0.1) is 0 Å². The number of halogens is 2. The van der Waals surface area contributed by atoms with Crippen LogP contribution in [-0.2, 0) is 0 Å². The third kappa shape index (κ3) is 4.49. The van der Waals surface area contributed by atoms with Crippen LogP contribution in [0.1, 0.15) is 20.3 Å². The number of aliphatic hydroxyl groups is 1. The van der Waals surface area contributed by atoms with E-state index in [1.54, 1.807) is 12.1 Å². The van der Waals surface area contributed by atoms with Gasteiger partial charge in [-0.05, 0) is 30.7 Å². The third-order valence-corrected chi connectivity index (χ3v) is 3.03. The molecule has 0 saturated heterocycles. The normalized spacial score (nSPS) is 14.3. The Morgan fingerprint density at radius 2 is 1.94 bits per heavy atom. The zero-order valence-corrected chi connectivity index (χ0v) is 10.6. The zero-order valence-electron chi connectivity index (χ0n) is 10.6. The second kappa shape index (κ2) is 6.54. The van der Waals surface area contributed by atoms with E-state index in [-0.39, 0.29) is 17.8 Å². The predicted octanol–water partition coefficient (Wildman–Crippen LogP) is 3.11. The summed E-state index contributed by atoms with van der Waals surface area (Å²) in [7, 11) is 0. The highest BCUT2D eigenvalue weighted by Crippen LogP contribution is 2.22. The van der Waals surface area contributed by atoms with E-state index >= 15 is 0 Å². The standard InChI is InChI=1S/C13H19F2NO2/c1-3-13(2,9-17)8-16-10-4-6-11(7-5-10)18-12(14)15/h4-7,12,16-17H,3,8-9H2,1-2H3. The monoisotopic (exact) mass is 259 g/mol. The van der Waals surface area contributed by atoms with Crippen LogP contribution in [0.4, 0.5) is 14.5 Å². The molecule has 1 rings (SSSR count). The molecule has 0 heterocycles. The summed E-state index contributed by atoms with van der Waals surface area (Å²) in [6.07, 6.45) is 0.850. The number of anilines is 1. The molecule has 0 aliphatic rings. The quantitative estimate of drug-likeness (QED) is 0.790. The van der Waals surface area contributed by atoms with Gasteiger partial charge in [-0.1, -0.05) is 13.8 Å². The summed E-state index contributed by atoms with van der Waals surface area (Å²) in [4.78, 5) is 0. The summed E-state index contributed by atoms with van der Waals surface area (Å²) in [5.74, 6) is 0.135. The number of nitrogens with one attached hydrogen (secondary N) is 1. The van der Waals surface area contributed by atoms with E-state index < -0.39 is 6.61 Å². The molecule has 18 heavy (non-hydrogen) atoms. The minimum atomic E-state index is -2.80. The lowest BCUT2D eigenvalue weighted by molar-refractivity contribution is -0.0498. The topological polar surface area (TPSA) is 41.5 Å². The van der Waals surface area contributed by atoms with E-state index in [0.29, 0.717) is 6.54 Å². The Bertz CT molecular complexity index is 351. The second-order valence-corrected chi connectivity index (χ2v) is 4.58. The van der Waals surface area contributed by atoms with Crippen LogP contribution in [0, 0.1) is 5.41 Å². The molecule has 0 aliphatic carbocycles. The predicted molar refractivity (Wildman–Crippen MR) is 67.0 cm³/mol. The molecular formula is C13H19F2NO2. The van der Waals surface area contributed by atoms with Crippen molar-refractivity contribution in [3.05, 3.63) is 24.3 Å². The van der Waals surface area contributed by atoms with Crippen molar-refractivity contribution in [2.45, 2.75) is 26.9 Å². The van der Waals surface area contributed by atoms with Gasteiger partial charge in [0.05, 0.1) is 6.61 Å². The number of rotatable bonds is 7. The van der Waals surface area contributed by atoms with E-state index in [1.165, 1.54) is 12.1 Å². The Morgan fingerprint density at radius 1 is 1.33 bits per heavy atom. The van der Waals surface area contributed by atoms with Gasteiger partial charge in [0, 0.05) is 17.6 Å². The first-order chi connectivity index (χ1) is 8.49. The van der Waals surface area contributed by atoms with Gasteiger partial charge in [-0.2, -0.15) is 8.78 Å². The van der Waals surface area contributed by atoms with Crippen molar-refractivity contribution >= 4 is 5.69 Å². The molecule has 0 saturated carbocycles. The van der Waals surface area contributed by atoms with Gasteiger partial charge in [-0.3, -0.25) is 0 Å². The van der Waals surface area contributed by atoms with Crippen LogP contribution < -0.4 is 10.1 Å². The maximum absolute atomic E-state index is 12.0. The summed E-state index contributed by atoms with van der Waals surface area (Å²) < 4.78 is 28.2. The molecule has 1 aromatic rings. The fraction of sp³-hybridized carbons (Fsp3) is 0.538. The van der Waals surface area contributed by atoms with E-state index in [2.05, 4.69) is 10.1 Å². The lowest BCUT2D eigenvalue weighted by Gasteiger charge is -2.26. The minimum absolute atomic E-state index is 0.100. The van der Waals surface area contributed by atoms with Crippen molar-refractivity contribution in [1.29, 1.82) is 0 Å². The molecule has 1 atom stereocenters. The molecule has 3 nitrogen and oxygen atoms in total.